The predicted octanol–water partition coefficient (Wildman–Crippen LogP) is 0.163. The van der Waals surface area contributed by atoms with Crippen molar-refractivity contribution in [3.63, 3.8) is 0 Å². The summed E-state index contributed by atoms with van der Waals surface area (Å²) in [7, 11) is 0. The van der Waals surface area contributed by atoms with Crippen LogP contribution in [0.4, 0.5) is 0 Å². The van der Waals surface area contributed by atoms with E-state index in [2.05, 4.69) is 5.32 Å². The van der Waals surface area contributed by atoms with Crippen molar-refractivity contribution in [2.75, 3.05) is 18.6 Å². The van der Waals surface area contributed by atoms with Crippen LogP contribution in [0.2, 0.25) is 0 Å². The summed E-state index contributed by atoms with van der Waals surface area (Å²) in [4.78, 5) is 10.4. The number of aliphatic carboxylic acids is 1. The summed E-state index contributed by atoms with van der Waals surface area (Å²) >= 11 is 1.53. The van der Waals surface area contributed by atoms with Crippen molar-refractivity contribution in [3.8, 4) is 0 Å². The minimum Gasteiger partial charge on any atom is -0.480 e. The first-order chi connectivity index (χ1) is 5.89. The fraction of sp³-hybridized carbons (Fsp3) is 0.875. The molecule has 0 rings (SSSR count). The highest BCUT2D eigenvalue weighted by Crippen LogP contribution is 2.09. The van der Waals surface area contributed by atoms with Crippen molar-refractivity contribution in [2.24, 2.45) is 0 Å². The summed E-state index contributed by atoms with van der Waals surface area (Å²) in [6.07, 6.45) is 1.90. The summed E-state index contributed by atoms with van der Waals surface area (Å²) in [5.74, 6) is -0.313. The molecule has 2 atom stereocenters. The van der Waals surface area contributed by atoms with Gasteiger partial charge in [0.25, 0.3) is 0 Å². The van der Waals surface area contributed by atoms with Crippen LogP contribution in [0, 0.1) is 0 Å². The maximum absolute atomic E-state index is 10.4. The molecule has 0 aromatic rings. The lowest BCUT2D eigenvalue weighted by molar-refractivity contribution is -0.139. The molecular weight excluding hydrogens is 190 g/mol. The van der Waals surface area contributed by atoms with Crippen LogP contribution >= 0.6 is 11.8 Å². The zero-order valence-electron chi connectivity index (χ0n) is 8.20. The maximum atomic E-state index is 10.4. The molecular formula is C8H17NO3S. The molecule has 0 aliphatic carbocycles. The summed E-state index contributed by atoms with van der Waals surface area (Å²) in [6, 6.07) is -0.617. The Morgan fingerprint density at radius 1 is 1.69 bits per heavy atom. The van der Waals surface area contributed by atoms with Crippen molar-refractivity contribution in [1.82, 2.24) is 5.32 Å². The van der Waals surface area contributed by atoms with Gasteiger partial charge in [-0.15, -0.1) is 0 Å². The molecule has 4 nitrogen and oxygen atoms in total. The Balaban J connectivity index is 3.80. The normalized spacial score (nSPS) is 17.8. The molecule has 0 saturated carbocycles. The molecule has 0 aliphatic heterocycles. The molecule has 0 spiro atoms. The van der Waals surface area contributed by atoms with Crippen molar-refractivity contribution >= 4 is 17.7 Å². The molecule has 2 unspecified atom stereocenters. The molecule has 0 saturated heterocycles. The SMILES string of the molecule is CSCC(C)(O)CNC(C)C(=O)O. The fourth-order valence-corrected chi connectivity index (χ4v) is 1.55. The summed E-state index contributed by atoms with van der Waals surface area (Å²) < 4.78 is 0. The smallest absolute Gasteiger partial charge is 0.320 e. The maximum Gasteiger partial charge on any atom is 0.320 e. The van der Waals surface area contributed by atoms with E-state index in [1.54, 1.807) is 13.8 Å². The van der Waals surface area contributed by atoms with Crippen LogP contribution in [-0.4, -0.2) is 46.4 Å². The number of aliphatic hydroxyl groups is 1. The molecule has 13 heavy (non-hydrogen) atoms. The van der Waals surface area contributed by atoms with Gasteiger partial charge in [-0.2, -0.15) is 11.8 Å². The summed E-state index contributed by atoms with van der Waals surface area (Å²) in [6.45, 7) is 3.53. The lowest BCUT2D eigenvalue weighted by Crippen LogP contribution is -2.45. The first kappa shape index (κ1) is 12.7. The Labute approximate surface area is 82.7 Å². The number of rotatable bonds is 6. The molecule has 78 valence electrons. The zero-order valence-corrected chi connectivity index (χ0v) is 9.02. The third kappa shape index (κ3) is 5.90. The van der Waals surface area contributed by atoms with Gasteiger partial charge in [-0.25, -0.2) is 0 Å². The Hall–Kier alpha value is -0.260. The highest BCUT2D eigenvalue weighted by molar-refractivity contribution is 7.98. The van der Waals surface area contributed by atoms with Gasteiger partial charge in [0.05, 0.1) is 5.60 Å². The number of carboxylic acids is 1. The van der Waals surface area contributed by atoms with Crippen LogP contribution in [-0.2, 0) is 4.79 Å². The Bertz CT molecular complexity index is 173. The van der Waals surface area contributed by atoms with Gasteiger partial charge in [0.2, 0.25) is 0 Å². The van der Waals surface area contributed by atoms with Crippen LogP contribution < -0.4 is 5.32 Å². The molecule has 0 aromatic carbocycles. The number of thioether (sulfide) groups is 1. The van der Waals surface area contributed by atoms with E-state index < -0.39 is 17.6 Å². The molecule has 0 aliphatic rings. The number of carboxylic acid groups (broad SMARTS) is 1. The van der Waals surface area contributed by atoms with Crippen LogP contribution in [0.5, 0.6) is 0 Å². The van der Waals surface area contributed by atoms with E-state index in [1.807, 2.05) is 6.26 Å². The molecule has 5 heteroatoms. The van der Waals surface area contributed by atoms with E-state index in [0.717, 1.165) is 0 Å². The summed E-state index contributed by atoms with van der Waals surface area (Å²) in [5, 5.41) is 21.0. The highest BCUT2D eigenvalue weighted by atomic mass is 32.2. The standard InChI is InChI=1S/C8H17NO3S/c1-6(7(10)11)9-4-8(2,12)5-13-3/h6,9,12H,4-5H2,1-3H3,(H,10,11). The van der Waals surface area contributed by atoms with E-state index in [9.17, 15) is 9.90 Å². The highest BCUT2D eigenvalue weighted by Gasteiger charge is 2.21. The quantitative estimate of drug-likeness (QED) is 0.579. The van der Waals surface area contributed by atoms with Crippen molar-refractivity contribution in [2.45, 2.75) is 25.5 Å². The molecule has 3 N–H and O–H groups in total. The average molecular weight is 207 g/mol. The van der Waals surface area contributed by atoms with Crippen LogP contribution in [0.25, 0.3) is 0 Å². The molecule has 0 amide bonds. The van der Waals surface area contributed by atoms with Gasteiger partial charge in [0.15, 0.2) is 0 Å². The van der Waals surface area contributed by atoms with E-state index in [0.29, 0.717) is 12.3 Å². The number of carbonyl (C=O) groups is 1. The molecule has 0 bridgehead atoms. The molecule has 0 heterocycles. The largest absolute Gasteiger partial charge is 0.480 e. The lowest BCUT2D eigenvalue weighted by atomic mass is 10.1. The van der Waals surface area contributed by atoms with Gasteiger partial charge in [-0.3, -0.25) is 4.79 Å². The fourth-order valence-electron chi connectivity index (χ4n) is 0.822. The first-order valence-electron chi connectivity index (χ1n) is 4.06. The van der Waals surface area contributed by atoms with Gasteiger partial charge in [-0.1, -0.05) is 0 Å². The van der Waals surface area contributed by atoms with Crippen molar-refractivity contribution in [3.05, 3.63) is 0 Å². The Morgan fingerprint density at radius 3 is 2.62 bits per heavy atom. The average Bonchev–Trinajstić information content (AvgIpc) is 2.00. The third-order valence-corrected chi connectivity index (χ3v) is 2.53. The molecule has 0 aromatic heterocycles. The van der Waals surface area contributed by atoms with Gasteiger partial charge >= 0.3 is 5.97 Å². The molecule has 0 radical (unpaired) electrons. The van der Waals surface area contributed by atoms with E-state index in [1.165, 1.54) is 11.8 Å². The second kappa shape index (κ2) is 5.47. The van der Waals surface area contributed by atoms with Crippen molar-refractivity contribution < 1.29 is 15.0 Å². The Kier molecular flexibility index (Phi) is 5.36. The summed E-state index contributed by atoms with van der Waals surface area (Å²) in [5.41, 5.74) is -0.844. The third-order valence-electron chi connectivity index (χ3n) is 1.61. The monoisotopic (exact) mass is 207 g/mol. The van der Waals surface area contributed by atoms with E-state index in [-0.39, 0.29) is 0 Å². The predicted molar refractivity (Wildman–Crippen MR) is 54.1 cm³/mol. The van der Waals surface area contributed by atoms with Gasteiger partial charge in [0, 0.05) is 12.3 Å². The first-order valence-corrected chi connectivity index (χ1v) is 5.46. The van der Waals surface area contributed by atoms with Gasteiger partial charge in [0.1, 0.15) is 6.04 Å². The van der Waals surface area contributed by atoms with Crippen LogP contribution in [0.15, 0.2) is 0 Å². The second-order valence-corrected chi connectivity index (χ2v) is 4.24. The van der Waals surface area contributed by atoms with Gasteiger partial charge < -0.3 is 15.5 Å². The van der Waals surface area contributed by atoms with E-state index in [4.69, 9.17) is 5.11 Å². The van der Waals surface area contributed by atoms with Crippen LogP contribution in [0.3, 0.4) is 0 Å². The minimum absolute atomic E-state index is 0.293. The number of nitrogens with one attached hydrogen (secondary N) is 1. The molecule has 0 fully saturated rings. The van der Waals surface area contributed by atoms with Crippen LogP contribution in [0.1, 0.15) is 13.8 Å². The Morgan fingerprint density at radius 2 is 2.23 bits per heavy atom. The zero-order chi connectivity index (χ0) is 10.5. The van der Waals surface area contributed by atoms with E-state index >= 15 is 0 Å². The number of hydrogen-bond acceptors (Lipinski definition) is 4. The lowest BCUT2D eigenvalue weighted by Gasteiger charge is -2.23. The number of hydrogen-bond donors (Lipinski definition) is 3. The van der Waals surface area contributed by atoms with Crippen molar-refractivity contribution in [1.29, 1.82) is 0 Å². The minimum atomic E-state index is -0.903. The second-order valence-electron chi connectivity index (χ2n) is 3.37. The topological polar surface area (TPSA) is 69.6 Å². The van der Waals surface area contributed by atoms with Gasteiger partial charge in [-0.05, 0) is 20.1 Å².